The number of nitrogen functional groups attached to an aromatic ring is 1. The highest BCUT2D eigenvalue weighted by Gasteiger charge is 2.14. The standard InChI is InChI=1S/C9H9IN4O2/c10-7-3-12-14(5-7)4-6-1-2-16-8(6)9(15)13-11/h1-3,5H,4,11H2,(H,13,15). The van der Waals surface area contributed by atoms with Crippen LogP contribution in [0, 0.1) is 3.57 Å². The number of amides is 1. The Balaban J connectivity index is 2.22. The summed E-state index contributed by atoms with van der Waals surface area (Å²) in [5.74, 6) is 4.82. The van der Waals surface area contributed by atoms with Gasteiger partial charge in [0.25, 0.3) is 0 Å². The van der Waals surface area contributed by atoms with Crippen molar-refractivity contribution in [2.75, 3.05) is 0 Å². The average molecular weight is 332 g/mol. The molecule has 0 fully saturated rings. The number of furan rings is 1. The predicted octanol–water partition coefficient (Wildman–Crippen LogP) is 0.732. The summed E-state index contributed by atoms with van der Waals surface area (Å²) in [7, 11) is 0. The largest absolute Gasteiger partial charge is 0.459 e. The first-order chi connectivity index (χ1) is 7.70. The Kier molecular flexibility index (Phi) is 3.25. The zero-order valence-electron chi connectivity index (χ0n) is 8.18. The number of aromatic nitrogens is 2. The molecule has 0 aliphatic rings. The predicted molar refractivity (Wildman–Crippen MR) is 64.4 cm³/mol. The van der Waals surface area contributed by atoms with Gasteiger partial charge in [-0.3, -0.25) is 14.9 Å². The van der Waals surface area contributed by atoms with E-state index in [1.165, 1.54) is 6.26 Å². The van der Waals surface area contributed by atoms with E-state index in [4.69, 9.17) is 10.3 Å². The Hall–Kier alpha value is -1.35. The normalized spacial score (nSPS) is 10.4. The number of rotatable bonds is 3. The molecule has 0 saturated carbocycles. The molecule has 84 valence electrons. The second kappa shape index (κ2) is 4.66. The number of hydrogen-bond donors (Lipinski definition) is 2. The molecule has 0 aromatic carbocycles. The molecule has 2 aromatic heterocycles. The van der Waals surface area contributed by atoms with Crippen molar-refractivity contribution in [1.82, 2.24) is 15.2 Å². The molecular formula is C9H9IN4O2. The fraction of sp³-hybridized carbons (Fsp3) is 0.111. The maximum Gasteiger partial charge on any atom is 0.301 e. The smallest absolute Gasteiger partial charge is 0.301 e. The van der Waals surface area contributed by atoms with Crippen molar-refractivity contribution in [2.24, 2.45) is 5.84 Å². The van der Waals surface area contributed by atoms with Gasteiger partial charge in [0.15, 0.2) is 5.76 Å². The van der Waals surface area contributed by atoms with E-state index in [-0.39, 0.29) is 5.76 Å². The summed E-state index contributed by atoms with van der Waals surface area (Å²) >= 11 is 2.17. The van der Waals surface area contributed by atoms with Crippen LogP contribution in [0.3, 0.4) is 0 Å². The van der Waals surface area contributed by atoms with E-state index >= 15 is 0 Å². The number of hydrogen-bond acceptors (Lipinski definition) is 4. The SMILES string of the molecule is NNC(=O)c1occc1Cn1cc(I)cn1. The fourth-order valence-corrected chi connectivity index (χ4v) is 1.77. The van der Waals surface area contributed by atoms with Crippen molar-refractivity contribution in [1.29, 1.82) is 0 Å². The maximum atomic E-state index is 11.3. The van der Waals surface area contributed by atoms with Crippen LogP contribution < -0.4 is 11.3 Å². The third kappa shape index (κ3) is 2.25. The lowest BCUT2D eigenvalue weighted by atomic mass is 10.2. The average Bonchev–Trinajstić information content (AvgIpc) is 2.87. The van der Waals surface area contributed by atoms with Gasteiger partial charge in [-0.1, -0.05) is 0 Å². The second-order valence-corrected chi connectivity index (χ2v) is 4.35. The third-order valence-corrected chi connectivity index (χ3v) is 2.58. The van der Waals surface area contributed by atoms with Gasteiger partial charge in [-0.2, -0.15) is 5.10 Å². The van der Waals surface area contributed by atoms with E-state index in [0.29, 0.717) is 6.54 Å². The van der Waals surface area contributed by atoms with E-state index in [2.05, 4.69) is 27.7 Å². The van der Waals surface area contributed by atoms with E-state index in [1.807, 2.05) is 11.6 Å². The summed E-state index contributed by atoms with van der Waals surface area (Å²) < 4.78 is 7.82. The number of nitrogens with one attached hydrogen (secondary N) is 1. The van der Waals surface area contributed by atoms with Crippen molar-refractivity contribution in [3.05, 3.63) is 39.6 Å². The Bertz CT molecular complexity index is 505. The van der Waals surface area contributed by atoms with Crippen LogP contribution in [0.25, 0.3) is 0 Å². The first kappa shape index (κ1) is 11.1. The first-order valence-corrected chi connectivity index (χ1v) is 5.54. The molecule has 2 aromatic rings. The summed E-state index contributed by atoms with van der Waals surface area (Å²) in [6.07, 6.45) is 5.06. The van der Waals surface area contributed by atoms with Crippen LogP contribution in [0.4, 0.5) is 0 Å². The van der Waals surface area contributed by atoms with Crippen LogP contribution in [0.5, 0.6) is 0 Å². The van der Waals surface area contributed by atoms with Crippen molar-refractivity contribution in [3.8, 4) is 0 Å². The molecule has 2 heterocycles. The van der Waals surface area contributed by atoms with Gasteiger partial charge in [0.2, 0.25) is 0 Å². The molecule has 0 saturated heterocycles. The number of carbonyl (C=O) groups is 1. The maximum absolute atomic E-state index is 11.3. The van der Waals surface area contributed by atoms with E-state index in [1.54, 1.807) is 16.9 Å². The highest BCUT2D eigenvalue weighted by molar-refractivity contribution is 14.1. The van der Waals surface area contributed by atoms with Gasteiger partial charge in [-0.15, -0.1) is 0 Å². The molecule has 0 unspecified atom stereocenters. The van der Waals surface area contributed by atoms with Crippen molar-refractivity contribution in [2.45, 2.75) is 6.54 Å². The molecular weight excluding hydrogens is 323 g/mol. The van der Waals surface area contributed by atoms with E-state index < -0.39 is 5.91 Å². The van der Waals surface area contributed by atoms with Crippen LogP contribution >= 0.6 is 22.6 Å². The van der Waals surface area contributed by atoms with Crippen LogP contribution in [0.2, 0.25) is 0 Å². The summed E-state index contributed by atoms with van der Waals surface area (Å²) in [5, 5.41) is 4.12. The number of hydrazine groups is 1. The van der Waals surface area contributed by atoms with Crippen LogP contribution in [0.1, 0.15) is 16.1 Å². The van der Waals surface area contributed by atoms with Crippen LogP contribution in [-0.2, 0) is 6.54 Å². The minimum absolute atomic E-state index is 0.216. The molecule has 0 radical (unpaired) electrons. The fourth-order valence-electron chi connectivity index (χ4n) is 1.32. The Morgan fingerprint density at radius 2 is 2.50 bits per heavy atom. The number of carbonyl (C=O) groups excluding carboxylic acids is 1. The molecule has 0 bridgehead atoms. The zero-order valence-corrected chi connectivity index (χ0v) is 10.3. The minimum Gasteiger partial charge on any atom is -0.459 e. The second-order valence-electron chi connectivity index (χ2n) is 3.10. The molecule has 7 heteroatoms. The molecule has 1 amide bonds. The van der Waals surface area contributed by atoms with Gasteiger partial charge < -0.3 is 4.42 Å². The summed E-state index contributed by atoms with van der Waals surface area (Å²) in [4.78, 5) is 11.3. The molecule has 0 aliphatic carbocycles. The van der Waals surface area contributed by atoms with Crippen LogP contribution in [-0.4, -0.2) is 15.7 Å². The Morgan fingerprint density at radius 3 is 3.12 bits per heavy atom. The van der Waals surface area contributed by atoms with Gasteiger partial charge in [-0.05, 0) is 28.7 Å². The molecule has 6 nitrogen and oxygen atoms in total. The van der Waals surface area contributed by atoms with Gasteiger partial charge in [0.1, 0.15) is 0 Å². The molecule has 3 N–H and O–H groups in total. The van der Waals surface area contributed by atoms with E-state index in [9.17, 15) is 4.79 Å². The van der Waals surface area contributed by atoms with E-state index in [0.717, 1.165) is 9.13 Å². The topological polar surface area (TPSA) is 86.1 Å². The number of halogens is 1. The quantitative estimate of drug-likeness (QED) is 0.376. The van der Waals surface area contributed by atoms with Crippen molar-refractivity contribution < 1.29 is 9.21 Å². The summed E-state index contributed by atoms with van der Waals surface area (Å²) in [5.41, 5.74) is 2.77. The van der Waals surface area contributed by atoms with Crippen molar-refractivity contribution >= 4 is 28.5 Å². The molecule has 0 aliphatic heterocycles. The minimum atomic E-state index is -0.443. The van der Waals surface area contributed by atoms with Crippen molar-refractivity contribution in [3.63, 3.8) is 0 Å². The lowest BCUT2D eigenvalue weighted by Gasteiger charge is -2.01. The number of nitrogens with zero attached hydrogens (tertiary/aromatic N) is 2. The van der Waals surface area contributed by atoms with Crippen LogP contribution in [0.15, 0.2) is 29.1 Å². The Labute approximate surface area is 105 Å². The highest BCUT2D eigenvalue weighted by atomic mass is 127. The monoisotopic (exact) mass is 332 g/mol. The number of nitrogens with two attached hydrogens (primary N) is 1. The highest BCUT2D eigenvalue weighted by Crippen LogP contribution is 2.12. The molecule has 16 heavy (non-hydrogen) atoms. The first-order valence-electron chi connectivity index (χ1n) is 4.46. The van der Waals surface area contributed by atoms with Gasteiger partial charge in [-0.25, -0.2) is 5.84 Å². The van der Waals surface area contributed by atoms with Gasteiger partial charge >= 0.3 is 5.91 Å². The third-order valence-electron chi connectivity index (χ3n) is 2.02. The summed E-state index contributed by atoms with van der Waals surface area (Å²) in [6, 6.07) is 1.72. The molecule has 0 spiro atoms. The lowest BCUT2D eigenvalue weighted by Crippen LogP contribution is -2.30. The Morgan fingerprint density at radius 1 is 1.69 bits per heavy atom. The summed E-state index contributed by atoms with van der Waals surface area (Å²) in [6.45, 7) is 0.474. The van der Waals surface area contributed by atoms with Gasteiger partial charge in [0.05, 0.1) is 22.6 Å². The molecule has 2 rings (SSSR count). The van der Waals surface area contributed by atoms with Gasteiger partial charge in [0, 0.05) is 11.8 Å². The molecule has 0 atom stereocenters. The zero-order chi connectivity index (χ0) is 11.5. The lowest BCUT2D eigenvalue weighted by molar-refractivity contribution is 0.0924.